The fourth-order valence-corrected chi connectivity index (χ4v) is 2.86. The van der Waals surface area contributed by atoms with E-state index in [4.69, 9.17) is 10.6 Å². The number of alkyl halides is 2. The third kappa shape index (κ3) is 5.12. The van der Waals surface area contributed by atoms with Crippen molar-refractivity contribution in [2.75, 3.05) is 13.2 Å². The molecule has 138 valence electrons. The van der Waals surface area contributed by atoms with Crippen LogP contribution in [0.25, 0.3) is 0 Å². The minimum absolute atomic E-state index is 0.0630. The van der Waals surface area contributed by atoms with E-state index in [1.54, 1.807) is 0 Å². The second-order valence-corrected chi connectivity index (χ2v) is 6.88. The fourth-order valence-electron chi connectivity index (χ4n) is 2.86. The van der Waals surface area contributed by atoms with Crippen LogP contribution in [0.4, 0.5) is 8.78 Å². The van der Waals surface area contributed by atoms with Crippen LogP contribution in [0.15, 0.2) is 28.3 Å². The van der Waals surface area contributed by atoms with Gasteiger partial charge in [-0.2, -0.15) is 5.10 Å². The summed E-state index contributed by atoms with van der Waals surface area (Å²) in [5.74, 6) is 9.80. The maximum Gasteiger partial charge on any atom is 0.252 e. The first-order valence-corrected chi connectivity index (χ1v) is 8.86. The second kappa shape index (κ2) is 7.96. The summed E-state index contributed by atoms with van der Waals surface area (Å²) in [6.07, 6.45) is 2.82. The molecule has 0 aromatic heterocycles. The van der Waals surface area contributed by atoms with Gasteiger partial charge in [-0.05, 0) is 37.5 Å². The van der Waals surface area contributed by atoms with E-state index in [1.807, 2.05) is 25.1 Å². The number of hydrogen-bond acceptors (Lipinski definition) is 4. The van der Waals surface area contributed by atoms with Gasteiger partial charge in [0, 0.05) is 36.1 Å². The average Bonchev–Trinajstić information content (AvgIpc) is 3.41. The summed E-state index contributed by atoms with van der Waals surface area (Å²) < 4.78 is 32.1. The normalized spacial score (nSPS) is 22.9. The highest BCUT2D eigenvalue weighted by molar-refractivity contribution is 6.38. The van der Waals surface area contributed by atoms with Crippen LogP contribution in [0.1, 0.15) is 42.4 Å². The summed E-state index contributed by atoms with van der Waals surface area (Å²) in [7, 11) is 0. The summed E-state index contributed by atoms with van der Waals surface area (Å²) in [6, 6.07) is 5.84. The minimum Gasteiger partial charge on any atom is -0.376 e. The van der Waals surface area contributed by atoms with Crippen molar-refractivity contribution in [3.63, 3.8) is 0 Å². The smallest absolute Gasteiger partial charge is 0.252 e. The van der Waals surface area contributed by atoms with Gasteiger partial charge in [-0.3, -0.25) is 4.99 Å². The van der Waals surface area contributed by atoms with Gasteiger partial charge in [-0.1, -0.05) is 17.9 Å². The Balaban J connectivity index is 1.64. The molecule has 1 atom stereocenters. The van der Waals surface area contributed by atoms with Gasteiger partial charge >= 0.3 is 0 Å². The van der Waals surface area contributed by atoms with Gasteiger partial charge in [0.25, 0.3) is 5.92 Å². The molecule has 1 aromatic carbocycles. The number of nitrogens with two attached hydrogens (primary N) is 1. The van der Waals surface area contributed by atoms with E-state index in [9.17, 15) is 8.78 Å². The Morgan fingerprint density at radius 2 is 2.23 bits per heavy atom. The Morgan fingerprint density at radius 1 is 1.42 bits per heavy atom. The van der Waals surface area contributed by atoms with Crippen LogP contribution in [-0.2, 0) is 4.74 Å². The molecular weight excluding hydrogens is 336 g/mol. The molecule has 2 fully saturated rings. The van der Waals surface area contributed by atoms with Crippen molar-refractivity contribution in [3.8, 4) is 11.8 Å². The Hall–Kier alpha value is -2.26. The summed E-state index contributed by atoms with van der Waals surface area (Å²) in [5, 5.41) is 3.79. The monoisotopic (exact) mass is 359 g/mol. The molecule has 1 heterocycles. The Bertz CT molecular complexity index is 773. The van der Waals surface area contributed by atoms with Gasteiger partial charge < -0.3 is 10.6 Å². The van der Waals surface area contributed by atoms with Crippen molar-refractivity contribution in [2.45, 2.75) is 44.6 Å². The van der Waals surface area contributed by atoms with E-state index >= 15 is 0 Å². The van der Waals surface area contributed by atoms with Gasteiger partial charge in [0.1, 0.15) is 5.71 Å². The van der Waals surface area contributed by atoms with Crippen LogP contribution in [0, 0.1) is 24.7 Å². The summed E-state index contributed by atoms with van der Waals surface area (Å²) in [5.41, 5.74) is 3.31. The van der Waals surface area contributed by atoms with Gasteiger partial charge in [0.15, 0.2) is 0 Å². The number of aryl methyl sites for hydroxylation is 1. The van der Waals surface area contributed by atoms with E-state index in [0.717, 1.165) is 16.7 Å². The zero-order chi connectivity index (χ0) is 18.6. The molecule has 1 aliphatic heterocycles. The number of aliphatic imine (C=N–C) groups is 1. The first kappa shape index (κ1) is 18.5. The molecule has 2 N–H and O–H groups in total. The zero-order valence-electron chi connectivity index (χ0n) is 14.8. The highest BCUT2D eigenvalue weighted by atomic mass is 19.3. The maximum absolute atomic E-state index is 13.4. The van der Waals surface area contributed by atoms with Gasteiger partial charge in [-0.15, -0.1) is 0 Å². The Kier molecular flexibility index (Phi) is 5.67. The molecule has 1 unspecified atom stereocenters. The maximum atomic E-state index is 13.4. The van der Waals surface area contributed by atoms with Crippen LogP contribution in [0.5, 0.6) is 0 Å². The molecule has 26 heavy (non-hydrogen) atoms. The summed E-state index contributed by atoms with van der Waals surface area (Å²) in [6.45, 7) is 2.19. The third-order valence-electron chi connectivity index (χ3n) is 4.51. The molecule has 0 bridgehead atoms. The number of rotatable bonds is 4. The van der Waals surface area contributed by atoms with E-state index < -0.39 is 12.0 Å². The molecule has 0 spiro atoms. The van der Waals surface area contributed by atoms with Crippen molar-refractivity contribution in [2.24, 2.45) is 21.9 Å². The van der Waals surface area contributed by atoms with E-state index in [2.05, 4.69) is 21.9 Å². The minimum atomic E-state index is -2.67. The van der Waals surface area contributed by atoms with Crippen LogP contribution in [-0.4, -0.2) is 37.1 Å². The van der Waals surface area contributed by atoms with Crippen LogP contribution >= 0.6 is 0 Å². The standard InChI is InChI=1S/C20H23F2N3O/c1-14-10-16(5-4-15-2-3-15)6-7-18(14)19(25-23)13-24-12-17-11-20(21,22)8-9-26-17/h6-7,10,13,15,17H,2-3,8-9,11-12,23H2,1H3/b24-13?,25-19+. The van der Waals surface area contributed by atoms with Crippen LogP contribution < -0.4 is 5.84 Å². The van der Waals surface area contributed by atoms with Gasteiger partial charge in [-0.25, -0.2) is 8.78 Å². The molecule has 1 saturated carbocycles. The zero-order valence-corrected chi connectivity index (χ0v) is 14.8. The molecule has 0 radical (unpaired) electrons. The van der Waals surface area contributed by atoms with Crippen molar-refractivity contribution in [1.29, 1.82) is 0 Å². The quantitative estimate of drug-likeness (QED) is 0.388. The lowest BCUT2D eigenvalue weighted by molar-refractivity contribution is -0.123. The predicted octanol–water partition coefficient (Wildman–Crippen LogP) is 3.30. The first-order valence-electron chi connectivity index (χ1n) is 8.86. The molecule has 1 saturated heterocycles. The summed E-state index contributed by atoms with van der Waals surface area (Å²) in [4.78, 5) is 4.22. The average molecular weight is 359 g/mol. The molecule has 2 aliphatic rings. The largest absolute Gasteiger partial charge is 0.376 e. The van der Waals surface area contributed by atoms with Crippen LogP contribution in [0.3, 0.4) is 0 Å². The molecule has 4 nitrogen and oxygen atoms in total. The lowest BCUT2D eigenvalue weighted by Crippen LogP contribution is -2.35. The van der Waals surface area contributed by atoms with Crippen LogP contribution in [0.2, 0.25) is 0 Å². The molecule has 0 amide bonds. The van der Waals surface area contributed by atoms with Gasteiger partial charge in [0.2, 0.25) is 0 Å². The third-order valence-corrected chi connectivity index (χ3v) is 4.51. The number of hydrazone groups is 1. The predicted molar refractivity (Wildman–Crippen MR) is 98.8 cm³/mol. The van der Waals surface area contributed by atoms with E-state index in [-0.39, 0.29) is 26.0 Å². The van der Waals surface area contributed by atoms with E-state index in [1.165, 1.54) is 19.1 Å². The lowest BCUT2D eigenvalue weighted by atomic mass is 10.0. The highest BCUT2D eigenvalue weighted by Gasteiger charge is 2.36. The number of ether oxygens (including phenoxy) is 1. The fraction of sp³-hybridized carbons (Fsp3) is 0.500. The Labute approximate surface area is 152 Å². The SMILES string of the molecule is Cc1cc(C#CC2CC2)ccc1/C(C=NCC1CC(F)(F)CCO1)=N/N. The summed E-state index contributed by atoms with van der Waals surface area (Å²) >= 11 is 0. The number of hydrogen-bond donors (Lipinski definition) is 1. The molecule has 1 aliphatic carbocycles. The molecular formula is C20H23F2N3O. The van der Waals surface area contributed by atoms with Crippen molar-refractivity contribution < 1.29 is 13.5 Å². The van der Waals surface area contributed by atoms with Gasteiger partial charge in [0.05, 0.1) is 19.3 Å². The highest BCUT2D eigenvalue weighted by Crippen LogP contribution is 2.30. The number of halogens is 2. The first-order chi connectivity index (χ1) is 12.5. The Morgan fingerprint density at radius 3 is 2.88 bits per heavy atom. The van der Waals surface area contributed by atoms with Crippen molar-refractivity contribution in [3.05, 3.63) is 34.9 Å². The number of benzene rings is 1. The topological polar surface area (TPSA) is 60.0 Å². The number of nitrogens with zero attached hydrogens (tertiary/aromatic N) is 2. The lowest BCUT2D eigenvalue weighted by Gasteiger charge is -2.28. The molecule has 6 heteroatoms. The van der Waals surface area contributed by atoms with Crippen molar-refractivity contribution >= 4 is 11.9 Å². The molecule has 3 rings (SSSR count). The van der Waals surface area contributed by atoms with Crippen molar-refractivity contribution in [1.82, 2.24) is 0 Å². The second-order valence-electron chi connectivity index (χ2n) is 6.88. The molecule has 1 aromatic rings. The van der Waals surface area contributed by atoms with E-state index in [0.29, 0.717) is 11.6 Å².